The van der Waals surface area contributed by atoms with E-state index in [4.69, 9.17) is 5.11 Å². The zero-order valence-electron chi connectivity index (χ0n) is 11.1. The highest BCUT2D eigenvalue weighted by atomic mass is 19.1. The summed E-state index contributed by atoms with van der Waals surface area (Å²) in [5, 5.41) is 11.7. The van der Waals surface area contributed by atoms with Gasteiger partial charge in [-0.3, -0.25) is 4.79 Å². The standard InChI is InChI=1S/C13H17FN2O3/c1-8(12(17)16(2)3)15-7-9-4-5-10(13(18)19)11(14)6-9/h4-6,8,15H,7H2,1-3H3,(H,18,19). The van der Waals surface area contributed by atoms with Crippen LogP contribution in [0.15, 0.2) is 18.2 Å². The Morgan fingerprint density at radius 2 is 2.05 bits per heavy atom. The molecule has 1 unspecified atom stereocenters. The molecule has 1 amide bonds. The summed E-state index contributed by atoms with van der Waals surface area (Å²) in [4.78, 5) is 23.7. The molecule has 5 nitrogen and oxygen atoms in total. The summed E-state index contributed by atoms with van der Waals surface area (Å²) in [6.45, 7) is 2.00. The van der Waals surface area contributed by atoms with Crippen molar-refractivity contribution in [2.45, 2.75) is 19.5 Å². The van der Waals surface area contributed by atoms with Crippen LogP contribution in [-0.2, 0) is 11.3 Å². The van der Waals surface area contributed by atoms with Crippen LogP contribution in [0.1, 0.15) is 22.8 Å². The van der Waals surface area contributed by atoms with Crippen LogP contribution in [0.4, 0.5) is 4.39 Å². The average molecular weight is 268 g/mol. The fourth-order valence-corrected chi connectivity index (χ4v) is 1.59. The summed E-state index contributed by atoms with van der Waals surface area (Å²) < 4.78 is 13.4. The fourth-order valence-electron chi connectivity index (χ4n) is 1.59. The first-order chi connectivity index (χ1) is 8.82. The number of carbonyl (C=O) groups excluding carboxylic acids is 1. The summed E-state index contributed by atoms with van der Waals surface area (Å²) in [6, 6.07) is 3.50. The van der Waals surface area contributed by atoms with Gasteiger partial charge in [0.2, 0.25) is 5.91 Å². The molecule has 0 radical (unpaired) electrons. The lowest BCUT2D eigenvalue weighted by molar-refractivity contribution is -0.130. The molecule has 1 aromatic rings. The van der Waals surface area contributed by atoms with Gasteiger partial charge in [-0.15, -0.1) is 0 Å². The van der Waals surface area contributed by atoms with Crippen LogP contribution < -0.4 is 5.32 Å². The molecule has 0 aliphatic carbocycles. The third kappa shape index (κ3) is 4.03. The molecule has 0 spiro atoms. The number of halogens is 1. The number of carbonyl (C=O) groups is 2. The first-order valence-electron chi connectivity index (χ1n) is 5.79. The van der Waals surface area contributed by atoms with E-state index in [1.165, 1.54) is 17.0 Å². The summed E-state index contributed by atoms with van der Waals surface area (Å²) in [7, 11) is 3.31. The third-order valence-corrected chi connectivity index (χ3v) is 2.69. The molecular formula is C13H17FN2O3. The lowest BCUT2D eigenvalue weighted by atomic mass is 10.1. The van der Waals surface area contributed by atoms with E-state index in [2.05, 4.69) is 5.32 Å². The van der Waals surface area contributed by atoms with Gasteiger partial charge in [0.05, 0.1) is 11.6 Å². The van der Waals surface area contributed by atoms with Gasteiger partial charge in [-0.1, -0.05) is 6.07 Å². The lowest BCUT2D eigenvalue weighted by Gasteiger charge is -2.18. The van der Waals surface area contributed by atoms with Gasteiger partial charge in [-0.05, 0) is 24.6 Å². The number of benzene rings is 1. The van der Waals surface area contributed by atoms with Crippen LogP contribution in [0, 0.1) is 5.82 Å². The molecule has 2 N–H and O–H groups in total. The molecular weight excluding hydrogens is 251 g/mol. The number of carboxylic acids is 1. The monoisotopic (exact) mass is 268 g/mol. The van der Waals surface area contributed by atoms with Crippen molar-refractivity contribution < 1.29 is 19.1 Å². The molecule has 0 aromatic heterocycles. The van der Waals surface area contributed by atoms with Gasteiger partial charge in [-0.2, -0.15) is 0 Å². The van der Waals surface area contributed by atoms with E-state index in [-0.39, 0.29) is 18.0 Å². The van der Waals surface area contributed by atoms with Crippen LogP contribution >= 0.6 is 0 Å². The number of carboxylic acid groups (broad SMARTS) is 1. The summed E-state index contributed by atoms with van der Waals surface area (Å²) >= 11 is 0. The van der Waals surface area contributed by atoms with E-state index < -0.39 is 17.8 Å². The van der Waals surface area contributed by atoms with Crippen molar-refractivity contribution in [3.05, 3.63) is 35.1 Å². The summed E-state index contributed by atoms with van der Waals surface area (Å²) in [5.41, 5.74) is 0.224. The van der Waals surface area contributed by atoms with Crippen LogP contribution in [0.3, 0.4) is 0 Å². The zero-order chi connectivity index (χ0) is 14.6. The third-order valence-electron chi connectivity index (χ3n) is 2.69. The summed E-state index contributed by atoms with van der Waals surface area (Å²) in [5.74, 6) is -2.16. The van der Waals surface area contributed by atoms with Crippen molar-refractivity contribution >= 4 is 11.9 Å². The molecule has 19 heavy (non-hydrogen) atoms. The normalized spacial score (nSPS) is 12.0. The lowest BCUT2D eigenvalue weighted by Crippen LogP contribution is -2.41. The topological polar surface area (TPSA) is 69.6 Å². The number of nitrogens with zero attached hydrogens (tertiary/aromatic N) is 1. The highest BCUT2D eigenvalue weighted by molar-refractivity contribution is 5.87. The molecule has 0 fully saturated rings. The van der Waals surface area contributed by atoms with E-state index in [9.17, 15) is 14.0 Å². The Labute approximate surface area is 111 Å². The number of likely N-dealkylation sites (N-methyl/N-ethyl adjacent to an activating group) is 1. The Hall–Kier alpha value is -1.95. The Bertz CT molecular complexity index is 489. The van der Waals surface area contributed by atoms with Crippen molar-refractivity contribution in [2.75, 3.05) is 14.1 Å². The molecule has 6 heteroatoms. The van der Waals surface area contributed by atoms with Gasteiger partial charge >= 0.3 is 5.97 Å². The Kier molecular flexibility index (Phi) is 5.00. The quantitative estimate of drug-likeness (QED) is 0.838. The maximum absolute atomic E-state index is 13.4. The number of nitrogens with one attached hydrogen (secondary N) is 1. The molecule has 1 atom stereocenters. The maximum atomic E-state index is 13.4. The smallest absolute Gasteiger partial charge is 0.338 e. The fraction of sp³-hybridized carbons (Fsp3) is 0.385. The molecule has 0 heterocycles. The van der Waals surface area contributed by atoms with Crippen molar-refractivity contribution in [3.63, 3.8) is 0 Å². The first-order valence-corrected chi connectivity index (χ1v) is 5.79. The Balaban J connectivity index is 2.67. The van der Waals surface area contributed by atoms with E-state index in [1.54, 1.807) is 21.0 Å². The molecule has 0 bridgehead atoms. The Morgan fingerprint density at radius 1 is 1.42 bits per heavy atom. The SMILES string of the molecule is CC(NCc1ccc(C(=O)O)c(F)c1)C(=O)N(C)C. The molecule has 0 saturated heterocycles. The second-order valence-electron chi connectivity index (χ2n) is 4.45. The van der Waals surface area contributed by atoms with Crippen molar-refractivity contribution in [1.82, 2.24) is 10.2 Å². The predicted octanol–water partition coefficient (Wildman–Crippen LogP) is 1.09. The second kappa shape index (κ2) is 6.29. The molecule has 1 rings (SSSR count). The van der Waals surface area contributed by atoms with E-state index >= 15 is 0 Å². The molecule has 0 aliphatic heterocycles. The zero-order valence-corrected chi connectivity index (χ0v) is 11.1. The first kappa shape index (κ1) is 15.1. The van der Waals surface area contributed by atoms with Gasteiger partial charge in [0.25, 0.3) is 0 Å². The minimum Gasteiger partial charge on any atom is -0.478 e. The van der Waals surface area contributed by atoms with Gasteiger partial charge in [0.15, 0.2) is 0 Å². The number of rotatable bonds is 5. The van der Waals surface area contributed by atoms with Gasteiger partial charge < -0.3 is 15.3 Å². The van der Waals surface area contributed by atoms with Crippen LogP contribution in [0.2, 0.25) is 0 Å². The Morgan fingerprint density at radius 3 is 2.53 bits per heavy atom. The van der Waals surface area contributed by atoms with Gasteiger partial charge in [0.1, 0.15) is 5.82 Å². The highest BCUT2D eigenvalue weighted by Gasteiger charge is 2.15. The van der Waals surface area contributed by atoms with E-state index in [0.717, 1.165) is 6.07 Å². The van der Waals surface area contributed by atoms with Crippen LogP contribution in [0.5, 0.6) is 0 Å². The average Bonchev–Trinajstić information content (AvgIpc) is 2.34. The maximum Gasteiger partial charge on any atom is 0.338 e. The van der Waals surface area contributed by atoms with Crippen LogP contribution in [-0.4, -0.2) is 42.0 Å². The highest BCUT2D eigenvalue weighted by Crippen LogP contribution is 2.10. The van der Waals surface area contributed by atoms with Crippen molar-refractivity contribution in [2.24, 2.45) is 0 Å². The molecule has 1 aromatic carbocycles. The second-order valence-corrected chi connectivity index (χ2v) is 4.45. The van der Waals surface area contributed by atoms with E-state index in [1.807, 2.05) is 0 Å². The minimum atomic E-state index is -1.30. The predicted molar refractivity (Wildman–Crippen MR) is 68.4 cm³/mol. The number of hydrogen-bond donors (Lipinski definition) is 2. The van der Waals surface area contributed by atoms with E-state index in [0.29, 0.717) is 5.56 Å². The van der Waals surface area contributed by atoms with Gasteiger partial charge in [-0.25, -0.2) is 9.18 Å². The number of aromatic carboxylic acids is 1. The summed E-state index contributed by atoms with van der Waals surface area (Å²) in [6.07, 6.45) is 0. The number of amides is 1. The van der Waals surface area contributed by atoms with Crippen molar-refractivity contribution in [1.29, 1.82) is 0 Å². The minimum absolute atomic E-state index is 0.0809. The molecule has 0 saturated carbocycles. The molecule has 104 valence electrons. The molecule has 0 aliphatic rings. The van der Waals surface area contributed by atoms with Crippen LogP contribution in [0.25, 0.3) is 0 Å². The van der Waals surface area contributed by atoms with Crippen molar-refractivity contribution in [3.8, 4) is 0 Å². The van der Waals surface area contributed by atoms with Gasteiger partial charge in [0, 0.05) is 20.6 Å². The largest absolute Gasteiger partial charge is 0.478 e. The number of hydrogen-bond acceptors (Lipinski definition) is 3.